The molecule has 0 saturated carbocycles. The summed E-state index contributed by atoms with van der Waals surface area (Å²) in [5, 5.41) is 4.31. The molecule has 248 valence electrons. The lowest BCUT2D eigenvalue weighted by molar-refractivity contribution is -0.130. The molecule has 1 aromatic rings. The molecule has 0 aliphatic carbocycles. The predicted octanol–water partition coefficient (Wildman–Crippen LogP) is 4.78. The smallest absolute Gasteiger partial charge is 0.227 e. The molecule has 1 aliphatic heterocycles. The summed E-state index contributed by atoms with van der Waals surface area (Å²) in [6.45, 7) is 14.7. The van der Waals surface area contributed by atoms with Gasteiger partial charge in [0.1, 0.15) is 0 Å². The summed E-state index contributed by atoms with van der Waals surface area (Å²) in [4.78, 5) is 17.5. The molecule has 1 atom stereocenters. The van der Waals surface area contributed by atoms with E-state index < -0.39 is 0 Å². The van der Waals surface area contributed by atoms with Crippen molar-refractivity contribution in [2.75, 3.05) is 99.8 Å². The van der Waals surface area contributed by atoms with Gasteiger partial charge in [0.25, 0.3) is 0 Å². The Labute approximate surface area is 274 Å². The Kier molecular flexibility index (Phi) is 20.3. The molecule has 0 radical (unpaired) electrons. The van der Waals surface area contributed by atoms with E-state index in [9.17, 15) is 4.79 Å². The normalized spacial score (nSPS) is 14.8. The Balaban J connectivity index is 1.72. The minimum atomic E-state index is -0.152. The Morgan fingerprint density at radius 2 is 1.55 bits per heavy atom. The van der Waals surface area contributed by atoms with E-state index in [1.165, 1.54) is 12.8 Å². The van der Waals surface area contributed by atoms with E-state index in [1.54, 1.807) is 24.1 Å². The number of carbonyl (C=O) groups is 1. The van der Waals surface area contributed by atoms with Crippen molar-refractivity contribution in [3.8, 4) is 0 Å². The van der Waals surface area contributed by atoms with Crippen LogP contribution in [0.4, 0.5) is 0 Å². The van der Waals surface area contributed by atoms with E-state index in [1.807, 2.05) is 38.3 Å². The van der Waals surface area contributed by atoms with Crippen molar-refractivity contribution in [3.05, 3.63) is 69.9 Å². The zero-order chi connectivity index (χ0) is 32.0. The maximum atomic E-state index is 13.3. The fourth-order valence-corrected chi connectivity index (χ4v) is 4.88. The van der Waals surface area contributed by atoms with Crippen LogP contribution in [0.1, 0.15) is 25.3 Å². The third kappa shape index (κ3) is 15.9. The van der Waals surface area contributed by atoms with Gasteiger partial charge >= 0.3 is 0 Å². The van der Waals surface area contributed by atoms with Crippen molar-refractivity contribution < 1.29 is 28.5 Å². The van der Waals surface area contributed by atoms with Gasteiger partial charge in [-0.1, -0.05) is 48.0 Å². The van der Waals surface area contributed by atoms with Gasteiger partial charge in [0.05, 0.1) is 82.0 Å². The Morgan fingerprint density at radius 1 is 0.955 bits per heavy atom. The van der Waals surface area contributed by atoms with Gasteiger partial charge in [0, 0.05) is 32.9 Å². The first-order valence-electron chi connectivity index (χ1n) is 15.3. The van der Waals surface area contributed by atoms with Crippen molar-refractivity contribution in [2.24, 2.45) is 0 Å². The average Bonchev–Trinajstić information content (AvgIpc) is 3.54. The number of ether oxygens (including phenoxy) is 5. The average molecular weight is 657 g/mol. The zero-order valence-corrected chi connectivity index (χ0v) is 28.2. The second kappa shape index (κ2) is 23.4. The molecular weight excluding hydrogens is 605 g/mol. The molecule has 1 heterocycles. The molecule has 9 nitrogen and oxygen atoms in total. The van der Waals surface area contributed by atoms with E-state index in [-0.39, 0.29) is 18.4 Å². The summed E-state index contributed by atoms with van der Waals surface area (Å²) in [6.07, 6.45) is 8.60. The number of rotatable bonds is 24. The molecule has 1 amide bonds. The number of halogens is 2. The molecule has 0 aromatic heterocycles. The Hall–Kier alpha value is -1.95. The number of allylic oxidation sites excluding steroid dienone is 2. The number of benzene rings is 1. The largest absolute Gasteiger partial charge is 0.383 e. The summed E-state index contributed by atoms with van der Waals surface area (Å²) < 4.78 is 26.9. The fourth-order valence-electron chi connectivity index (χ4n) is 4.56. The molecule has 44 heavy (non-hydrogen) atoms. The minimum Gasteiger partial charge on any atom is -0.383 e. The molecule has 11 heteroatoms. The Morgan fingerprint density at radius 3 is 2.11 bits per heavy atom. The van der Waals surface area contributed by atoms with Crippen LogP contribution in [0.15, 0.2) is 54.3 Å². The predicted molar refractivity (Wildman–Crippen MR) is 178 cm³/mol. The number of nitrogens with zero attached hydrogens (tertiary/aromatic N) is 2. The van der Waals surface area contributed by atoms with Crippen molar-refractivity contribution in [3.63, 3.8) is 0 Å². The van der Waals surface area contributed by atoms with Crippen LogP contribution in [-0.4, -0.2) is 122 Å². The van der Waals surface area contributed by atoms with Gasteiger partial charge in [0.2, 0.25) is 5.91 Å². The molecule has 0 unspecified atom stereocenters. The number of likely N-dealkylation sites (N-methyl/N-ethyl adjacent to an activating group) is 1. The van der Waals surface area contributed by atoms with Gasteiger partial charge < -0.3 is 38.8 Å². The monoisotopic (exact) mass is 655 g/mol. The van der Waals surface area contributed by atoms with Crippen LogP contribution in [0, 0.1) is 0 Å². The highest BCUT2D eigenvalue weighted by atomic mass is 35.5. The molecule has 1 N–H and O–H groups in total. The first-order valence-corrected chi connectivity index (χ1v) is 16.1. The number of amides is 1. The number of nitrogens with one attached hydrogen (secondary N) is 1. The van der Waals surface area contributed by atoms with Crippen molar-refractivity contribution >= 4 is 29.1 Å². The second-order valence-corrected chi connectivity index (χ2v) is 11.3. The highest BCUT2D eigenvalue weighted by molar-refractivity contribution is 6.42. The van der Waals surface area contributed by atoms with Crippen LogP contribution in [0.2, 0.25) is 10.0 Å². The van der Waals surface area contributed by atoms with Crippen molar-refractivity contribution in [1.82, 2.24) is 15.1 Å². The molecule has 1 saturated heterocycles. The van der Waals surface area contributed by atoms with Crippen LogP contribution in [-0.2, 0) is 34.9 Å². The standard InChI is InChI=1S/C33H51Cl2N3O6/c1-5-29(36-12-15-41-18-19-43-22-23-44-21-20-42-17-16-40-4)10-8-27(2)32(26-38-13-6-7-14-38)37(3)33(39)25-28-9-11-30(34)31(35)24-28/h5,8-11,24,32,36H,2,6-7,12-23,25-26H2,1,3-4H3/b10-8-,29-5+/t32-/m1/s1. The SMILES string of the molecule is C=C(/C=C\C(=C/C)NCCOCCOCCOCCOCCOC)[C@@H](CN1CCCC1)N(C)C(=O)Cc1ccc(Cl)c(Cl)c1. The number of hydrogen-bond acceptors (Lipinski definition) is 8. The van der Waals surface area contributed by atoms with E-state index >= 15 is 0 Å². The van der Waals surface area contributed by atoms with Crippen LogP contribution in [0.25, 0.3) is 0 Å². The van der Waals surface area contributed by atoms with Gasteiger partial charge in [-0.25, -0.2) is 0 Å². The molecular formula is C33H51Cl2N3O6. The molecule has 1 fully saturated rings. The van der Waals surface area contributed by atoms with E-state index in [2.05, 4.69) is 16.8 Å². The van der Waals surface area contributed by atoms with Gasteiger partial charge in [-0.3, -0.25) is 4.79 Å². The molecule has 1 aromatic carbocycles. The number of carbonyl (C=O) groups excluding carboxylic acids is 1. The molecule has 2 rings (SSSR count). The lowest BCUT2D eigenvalue weighted by atomic mass is 10.0. The third-order valence-electron chi connectivity index (χ3n) is 7.17. The van der Waals surface area contributed by atoms with Gasteiger partial charge in [-0.05, 0) is 62.2 Å². The van der Waals surface area contributed by atoms with Crippen LogP contribution in [0.5, 0.6) is 0 Å². The van der Waals surface area contributed by atoms with Crippen LogP contribution in [0.3, 0.4) is 0 Å². The molecule has 0 spiro atoms. The number of likely N-dealkylation sites (tertiary alicyclic amines) is 1. The third-order valence-corrected chi connectivity index (χ3v) is 7.91. The van der Waals surface area contributed by atoms with Gasteiger partial charge in [0.15, 0.2) is 0 Å². The number of hydrogen-bond donors (Lipinski definition) is 1. The maximum Gasteiger partial charge on any atom is 0.227 e. The summed E-state index contributed by atoms with van der Waals surface area (Å²) in [7, 11) is 3.50. The zero-order valence-electron chi connectivity index (χ0n) is 26.7. The van der Waals surface area contributed by atoms with Crippen LogP contribution < -0.4 is 5.32 Å². The minimum absolute atomic E-state index is 0.00324. The summed E-state index contributed by atoms with van der Waals surface area (Å²) >= 11 is 12.2. The lowest BCUT2D eigenvalue weighted by Crippen LogP contribution is -2.45. The van der Waals surface area contributed by atoms with Gasteiger partial charge in [-0.2, -0.15) is 0 Å². The highest BCUT2D eigenvalue weighted by Crippen LogP contribution is 2.23. The van der Waals surface area contributed by atoms with Crippen molar-refractivity contribution in [2.45, 2.75) is 32.2 Å². The van der Waals surface area contributed by atoms with Crippen molar-refractivity contribution in [1.29, 1.82) is 0 Å². The maximum absolute atomic E-state index is 13.3. The quantitative estimate of drug-likeness (QED) is 0.126. The van der Waals surface area contributed by atoms with E-state index in [0.29, 0.717) is 76.1 Å². The number of methoxy groups -OCH3 is 1. The summed E-state index contributed by atoms with van der Waals surface area (Å²) in [5.74, 6) is 0.00324. The second-order valence-electron chi connectivity index (χ2n) is 10.5. The topological polar surface area (TPSA) is 81.7 Å². The van der Waals surface area contributed by atoms with Crippen LogP contribution >= 0.6 is 23.2 Å². The van der Waals surface area contributed by atoms with E-state index in [4.69, 9.17) is 46.9 Å². The molecule has 0 bridgehead atoms. The van der Waals surface area contributed by atoms with E-state index in [0.717, 1.165) is 36.5 Å². The van der Waals surface area contributed by atoms with Gasteiger partial charge in [-0.15, -0.1) is 0 Å². The lowest BCUT2D eigenvalue weighted by Gasteiger charge is -2.32. The first-order chi connectivity index (χ1) is 21.3. The summed E-state index contributed by atoms with van der Waals surface area (Å²) in [6, 6.07) is 5.16. The molecule has 1 aliphatic rings. The fraction of sp³-hybridized carbons (Fsp3) is 0.606. The highest BCUT2D eigenvalue weighted by Gasteiger charge is 2.25. The first kappa shape index (κ1) is 38.2. The summed E-state index contributed by atoms with van der Waals surface area (Å²) in [5.41, 5.74) is 2.66. The Bertz CT molecular complexity index is 1030.